The van der Waals surface area contributed by atoms with Crippen molar-refractivity contribution in [1.29, 1.82) is 0 Å². The smallest absolute Gasteiger partial charge is 0.0568 e. The molecule has 1 aromatic carbocycles. The van der Waals surface area contributed by atoms with Crippen LogP contribution >= 0.6 is 0 Å². The highest BCUT2D eigenvalue weighted by molar-refractivity contribution is 5.62. The zero-order chi connectivity index (χ0) is 13.7. The van der Waals surface area contributed by atoms with Crippen LogP contribution in [0.1, 0.15) is 38.3 Å². The van der Waals surface area contributed by atoms with Crippen molar-refractivity contribution >= 4 is 0 Å². The molecular formula is C16H23N3. The van der Waals surface area contributed by atoms with Gasteiger partial charge in [-0.15, -0.1) is 0 Å². The van der Waals surface area contributed by atoms with E-state index < -0.39 is 0 Å². The van der Waals surface area contributed by atoms with E-state index in [0.29, 0.717) is 6.04 Å². The molecule has 1 atom stereocenters. The van der Waals surface area contributed by atoms with Crippen molar-refractivity contribution in [3.63, 3.8) is 0 Å². The summed E-state index contributed by atoms with van der Waals surface area (Å²) in [5, 5.41) is 7.79. The number of aromatic nitrogens is 2. The summed E-state index contributed by atoms with van der Waals surface area (Å²) in [6, 6.07) is 9.27. The van der Waals surface area contributed by atoms with Gasteiger partial charge in [-0.3, -0.25) is 4.68 Å². The molecule has 0 saturated heterocycles. The number of aryl methyl sites for hydroxylation is 1. The van der Waals surface area contributed by atoms with Gasteiger partial charge in [-0.1, -0.05) is 38.1 Å². The van der Waals surface area contributed by atoms with Crippen molar-refractivity contribution in [2.24, 2.45) is 7.05 Å². The third-order valence-corrected chi connectivity index (χ3v) is 3.40. The Kier molecular flexibility index (Phi) is 4.74. The lowest BCUT2D eigenvalue weighted by molar-refractivity contribution is 0.518. The van der Waals surface area contributed by atoms with Crippen molar-refractivity contribution in [2.75, 3.05) is 6.54 Å². The number of rotatable bonds is 6. The lowest BCUT2D eigenvalue weighted by atomic mass is 10.0. The van der Waals surface area contributed by atoms with Crippen LogP contribution in [-0.4, -0.2) is 16.3 Å². The average molecular weight is 257 g/mol. The van der Waals surface area contributed by atoms with Gasteiger partial charge in [0.05, 0.1) is 6.20 Å². The zero-order valence-corrected chi connectivity index (χ0v) is 12.1. The molecule has 2 rings (SSSR count). The molecule has 3 nitrogen and oxygen atoms in total. The van der Waals surface area contributed by atoms with E-state index in [-0.39, 0.29) is 0 Å². The van der Waals surface area contributed by atoms with E-state index in [1.807, 2.05) is 24.1 Å². The maximum atomic E-state index is 4.21. The van der Waals surface area contributed by atoms with E-state index in [1.165, 1.54) is 23.1 Å². The highest BCUT2D eigenvalue weighted by Gasteiger charge is 2.08. The molecule has 0 saturated carbocycles. The van der Waals surface area contributed by atoms with E-state index in [9.17, 15) is 0 Å². The molecule has 0 aliphatic carbocycles. The Morgan fingerprint density at radius 1 is 1.16 bits per heavy atom. The summed E-state index contributed by atoms with van der Waals surface area (Å²) in [6.45, 7) is 5.50. The van der Waals surface area contributed by atoms with Crippen LogP contribution in [0.25, 0.3) is 11.1 Å². The predicted molar refractivity (Wildman–Crippen MR) is 80.0 cm³/mol. The lowest BCUT2D eigenvalue weighted by Crippen LogP contribution is -2.21. The number of hydrogen-bond donors (Lipinski definition) is 1. The standard InChI is InChI=1S/C16H23N3/c1-4-10-17-16(5-2)14-8-6-13(7-9-14)15-11-18-19(3)12-15/h6-9,11-12,16-17H,4-5,10H2,1-3H3. The molecule has 0 radical (unpaired) electrons. The molecule has 0 fully saturated rings. The largest absolute Gasteiger partial charge is 0.310 e. The fourth-order valence-corrected chi connectivity index (χ4v) is 2.29. The predicted octanol–water partition coefficient (Wildman–Crippen LogP) is 3.54. The van der Waals surface area contributed by atoms with Gasteiger partial charge in [-0.2, -0.15) is 5.10 Å². The molecule has 0 aliphatic rings. The normalized spacial score (nSPS) is 12.6. The molecule has 0 bridgehead atoms. The molecule has 1 N–H and O–H groups in total. The lowest BCUT2D eigenvalue weighted by Gasteiger charge is -2.17. The zero-order valence-electron chi connectivity index (χ0n) is 12.1. The molecule has 19 heavy (non-hydrogen) atoms. The first-order valence-corrected chi connectivity index (χ1v) is 7.07. The molecular weight excluding hydrogens is 234 g/mol. The molecule has 1 heterocycles. The summed E-state index contributed by atoms with van der Waals surface area (Å²) in [5.74, 6) is 0. The van der Waals surface area contributed by atoms with Crippen LogP contribution in [0.15, 0.2) is 36.7 Å². The maximum absolute atomic E-state index is 4.21. The minimum absolute atomic E-state index is 0.461. The van der Waals surface area contributed by atoms with Crippen LogP contribution in [0.4, 0.5) is 0 Å². The minimum atomic E-state index is 0.461. The highest BCUT2D eigenvalue weighted by atomic mass is 15.2. The van der Waals surface area contributed by atoms with Crippen LogP contribution in [-0.2, 0) is 7.05 Å². The molecule has 0 spiro atoms. The summed E-state index contributed by atoms with van der Waals surface area (Å²) in [7, 11) is 1.94. The second-order valence-electron chi connectivity index (χ2n) is 4.94. The van der Waals surface area contributed by atoms with Crippen molar-refractivity contribution in [2.45, 2.75) is 32.7 Å². The monoisotopic (exact) mass is 257 g/mol. The Morgan fingerprint density at radius 3 is 2.42 bits per heavy atom. The molecule has 1 unspecified atom stereocenters. The number of nitrogens with one attached hydrogen (secondary N) is 1. The SMILES string of the molecule is CCCNC(CC)c1ccc(-c2cnn(C)c2)cc1. The van der Waals surface area contributed by atoms with E-state index >= 15 is 0 Å². The van der Waals surface area contributed by atoms with E-state index in [2.05, 4.69) is 48.5 Å². The first kappa shape index (κ1) is 13.8. The van der Waals surface area contributed by atoms with Gasteiger partial charge in [0, 0.05) is 24.8 Å². The molecule has 102 valence electrons. The van der Waals surface area contributed by atoms with Gasteiger partial charge in [0.2, 0.25) is 0 Å². The van der Waals surface area contributed by atoms with Gasteiger partial charge in [0.15, 0.2) is 0 Å². The Hall–Kier alpha value is -1.61. The molecule has 0 aliphatic heterocycles. The molecule has 1 aromatic heterocycles. The summed E-state index contributed by atoms with van der Waals surface area (Å²) in [6.07, 6.45) is 6.24. The van der Waals surface area contributed by atoms with E-state index in [1.54, 1.807) is 0 Å². The molecule has 2 aromatic rings. The Morgan fingerprint density at radius 2 is 1.89 bits per heavy atom. The Balaban J connectivity index is 2.13. The summed E-state index contributed by atoms with van der Waals surface area (Å²) >= 11 is 0. The van der Waals surface area contributed by atoms with Crippen molar-refractivity contribution < 1.29 is 0 Å². The van der Waals surface area contributed by atoms with Crippen LogP contribution in [0.5, 0.6) is 0 Å². The highest BCUT2D eigenvalue weighted by Crippen LogP contribution is 2.22. The van der Waals surface area contributed by atoms with Crippen LogP contribution < -0.4 is 5.32 Å². The second-order valence-corrected chi connectivity index (χ2v) is 4.94. The molecule has 0 amide bonds. The topological polar surface area (TPSA) is 29.9 Å². The van der Waals surface area contributed by atoms with Crippen molar-refractivity contribution in [3.8, 4) is 11.1 Å². The summed E-state index contributed by atoms with van der Waals surface area (Å²) < 4.78 is 1.83. The quantitative estimate of drug-likeness (QED) is 0.858. The fourth-order valence-electron chi connectivity index (χ4n) is 2.29. The van der Waals surface area contributed by atoms with Gasteiger partial charge in [0.1, 0.15) is 0 Å². The van der Waals surface area contributed by atoms with E-state index in [4.69, 9.17) is 0 Å². The minimum Gasteiger partial charge on any atom is -0.310 e. The van der Waals surface area contributed by atoms with Crippen LogP contribution in [0.2, 0.25) is 0 Å². The first-order valence-electron chi connectivity index (χ1n) is 7.07. The fraction of sp³-hybridized carbons (Fsp3) is 0.438. The van der Waals surface area contributed by atoms with Crippen LogP contribution in [0.3, 0.4) is 0 Å². The Labute approximate surface area is 115 Å². The maximum Gasteiger partial charge on any atom is 0.0568 e. The number of benzene rings is 1. The van der Waals surface area contributed by atoms with Crippen molar-refractivity contribution in [1.82, 2.24) is 15.1 Å². The Bertz CT molecular complexity index is 499. The number of hydrogen-bond acceptors (Lipinski definition) is 2. The summed E-state index contributed by atoms with van der Waals surface area (Å²) in [5.41, 5.74) is 3.76. The third-order valence-electron chi connectivity index (χ3n) is 3.40. The van der Waals surface area contributed by atoms with E-state index in [0.717, 1.165) is 13.0 Å². The second kappa shape index (κ2) is 6.53. The van der Waals surface area contributed by atoms with Gasteiger partial charge < -0.3 is 5.32 Å². The third kappa shape index (κ3) is 3.44. The summed E-state index contributed by atoms with van der Waals surface area (Å²) in [4.78, 5) is 0. The van der Waals surface area contributed by atoms with Gasteiger partial charge in [-0.05, 0) is 30.5 Å². The first-order chi connectivity index (χ1) is 9.24. The average Bonchev–Trinajstić information content (AvgIpc) is 2.87. The van der Waals surface area contributed by atoms with Gasteiger partial charge in [-0.25, -0.2) is 0 Å². The van der Waals surface area contributed by atoms with Gasteiger partial charge in [0.25, 0.3) is 0 Å². The van der Waals surface area contributed by atoms with Gasteiger partial charge >= 0.3 is 0 Å². The molecule has 3 heteroatoms. The number of nitrogens with zero attached hydrogens (tertiary/aromatic N) is 2. The van der Waals surface area contributed by atoms with Crippen molar-refractivity contribution in [3.05, 3.63) is 42.2 Å². The van der Waals surface area contributed by atoms with Crippen LogP contribution in [0, 0.1) is 0 Å².